The zero-order valence-corrected chi connectivity index (χ0v) is 14.4. The van der Waals surface area contributed by atoms with Crippen LogP contribution in [0.2, 0.25) is 0 Å². The molecule has 5 nitrogen and oxygen atoms in total. The molecule has 1 saturated heterocycles. The molecule has 0 bridgehead atoms. The van der Waals surface area contributed by atoms with Crippen molar-refractivity contribution >= 4 is 0 Å². The minimum absolute atomic E-state index is 0.324. The topological polar surface area (TPSA) is 64.2 Å². The Morgan fingerprint density at radius 2 is 2.04 bits per heavy atom. The lowest BCUT2D eigenvalue weighted by Gasteiger charge is -2.31. The average Bonchev–Trinajstić information content (AvgIpc) is 3.07. The normalized spacial score (nSPS) is 17.9. The summed E-state index contributed by atoms with van der Waals surface area (Å²) in [4.78, 5) is 2.37. The minimum atomic E-state index is -0.324. The number of piperidine rings is 1. The van der Waals surface area contributed by atoms with E-state index >= 15 is 0 Å². The van der Waals surface area contributed by atoms with Crippen LogP contribution in [0.25, 0.3) is 11.3 Å². The summed E-state index contributed by atoms with van der Waals surface area (Å²) in [7, 11) is 0. The number of likely N-dealkylation sites (tertiary alicyclic amines) is 1. The van der Waals surface area contributed by atoms with E-state index in [1.807, 2.05) is 18.2 Å². The maximum Gasteiger partial charge on any atom is 0.0924 e. The molecule has 0 aliphatic carbocycles. The van der Waals surface area contributed by atoms with Gasteiger partial charge >= 0.3 is 0 Å². The first-order valence-corrected chi connectivity index (χ1v) is 8.91. The Kier molecular flexibility index (Phi) is 6.01. The second-order valence-corrected chi connectivity index (χ2v) is 6.91. The standard InChI is InChI=1S/C19H28N4O/c1-15-7-9-23(10-8-15)14-18(24)13-20-12-17-11-19(22-21-17)16-5-3-2-4-6-16/h2-6,11,15,18,20,24H,7-10,12-14H2,1H3,(H,21,22). The molecule has 1 atom stereocenters. The fraction of sp³-hybridized carbons (Fsp3) is 0.526. The molecule has 3 N–H and O–H groups in total. The first kappa shape index (κ1) is 17.1. The second kappa shape index (κ2) is 8.42. The third-order valence-electron chi connectivity index (χ3n) is 4.74. The maximum atomic E-state index is 10.2. The summed E-state index contributed by atoms with van der Waals surface area (Å²) in [5, 5.41) is 20.9. The van der Waals surface area contributed by atoms with Gasteiger partial charge in [0.05, 0.1) is 11.8 Å². The highest BCUT2D eigenvalue weighted by Gasteiger charge is 2.18. The van der Waals surface area contributed by atoms with Gasteiger partial charge in [-0.2, -0.15) is 5.10 Å². The highest BCUT2D eigenvalue weighted by Crippen LogP contribution is 2.17. The Morgan fingerprint density at radius 1 is 1.29 bits per heavy atom. The van der Waals surface area contributed by atoms with E-state index in [2.05, 4.69) is 45.5 Å². The quantitative estimate of drug-likeness (QED) is 0.729. The van der Waals surface area contributed by atoms with Gasteiger partial charge in [-0.15, -0.1) is 0 Å². The van der Waals surface area contributed by atoms with Crippen LogP contribution in [-0.2, 0) is 6.54 Å². The SMILES string of the molecule is CC1CCN(CC(O)CNCc2cc(-c3ccccc3)n[nH]2)CC1. The molecule has 1 fully saturated rings. The molecule has 130 valence electrons. The predicted molar refractivity (Wildman–Crippen MR) is 96.6 cm³/mol. The highest BCUT2D eigenvalue weighted by molar-refractivity contribution is 5.58. The van der Waals surface area contributed by atoms with Gasteiger partial charge in [0.25, 0.3) is 0 Å². The zero-order chi connectivity index (χ0) is 16.8. The third kappa shape index (κ3) is 4.90. The number of β-amino-alcohol motifs (C(OH)–C–C–N with tert-alkyl or cyclic N) is 1. The molecule has 1 aromatic carbocycles. The first-order valence-electron chi connectivity index (χ1n) is 8.91. The molecule has 24 heavy (non-hydrogen) atoms. The van der Waals surface area contributed by atoms with E-state index in [0.717, 1.165) is 42.5 Å². The number of aromatic amines is 1. The van der Waals surface area contributed by atoms with Crippen LogP contribution < -0.4 is 5.32 Å². The van der Waals surface area contributed by atoms with E-state index in [0.29, 0.717) is 13.1 Å². The number of nitrogens with one attached hydrogen (secondary N) is 2. The van der Waals surface area contributed by atoms with Crippen LogP contribution in [0.4, 0.5) is 0 Å². The summed E-state index contributed by atoms with van der Waals surface area (Å²) in [6.07, 6.45) is 2.17. The molecular formula is C19H28N4O. The molecule has 0 spiro atoms. The van der Waals surface area contributed by atoms with Crippen LogP contribution in [0.3, 0.4) is 0 Å². The van der Waals surface area contributed by atoms with Crippen LogP contribution in [0, 0.1) is 5.92 Å². The lowest BCUT2D eigenvalue weighted by Crippen LogP contribution is -2.41. The Morgan fingerprint density at radius 3 is 2.79 bits per heavy atom. The van der Waals surface area contributed by atoms with Crippen molar-refractivity contribution < 1.29 is 5.11 Å². The van der Waals surface area contributed by atoms with Crippen LogP contribution in [-0.4, -0.2) is 52.5 Å². The summed E-state index contributed by atoms with van der Waals surface area (Å²) < 4.78 is 0. The third-order valence-corrected chi connectivity index (χ3v) is 4.74. The van der Waals surface area contributed by atoms with Gasteiger partial charge in [-0.1, -0.05) is 37.3 Å². The number of aromatic nitrogens is 2. The molecule has 1 aliphatic heterocycles. The predicted octanol–water partition coefficient (Wildman–Crippen LogP) is 2.26. The smallest absolute Gasteiger partial charge is 0.0924 e. The van der Waals surface area contributed by atoms with Crippen molar-refractivity contribution in [2.45, 2.75) is 32.4 Å². The van der Waals surface area contributed by atoms with Crippen molar-refractivity contribution in [2.24, 2.45) is 5.92 Å². The molecule has 0 radical (unpaired) electrons. The first-order chi connectivity index (χ1) is 11.7. The largest absolute Gasteiger partial charge is 0.390 e. The molecule has 5 heteroatoms. The van der Waals surface area contributed by atoms with E-state index in [4.69, 9.17) is 0 Å². The van der Waals surface area contributed by atoms with E-state index in [-0.39, 0.29) is 6.10 Å². The number of hydrogen-bond acceptors (Lipinski definition) is 4. The molecule has 1 aliphatic rings. The van der Waals surface area contributed by atoms with Gasteiger partial charge in [0.15, 0.2) is 0 Å². The van der Waals surface area contributed by atoms with Crippen molar-refractivity contribution in [2.75, 3.05) is 26.2 Å². The van der Waals surface area contributed by atoms with Crippen molar-refractivity contribution in [1.29, 1.82) is 0 Å². The Bertz CT molecular complexity index is 605. The van der Waals surface area contributed by atoms with Crippen LogP contribution in [0.15, 0.2) is 36.4 Å². The number of H-pyrrole nitrogens is 1. The molecule has 1 aromatic heterocycles. The minimum Gasteiger partial charge on any atom is -0.390 e. The highest BCUT2D eigenvalue weighted by atomic mass is 16.3. The summed E-state index contributed by atoms with van der Waals surface area (Å²) in [5.41, 5.74) is 3.10. The number of hydrogen-bond donors (Lipinski definition) is 3. The Hall–Kier alpha value is -1.69. The monoisotopic (exact) mass is 328 g/mol. The van der Waals surface area contributed by atoms with E-state index in [1.165, 1.54) is 12.8 Å². The molecule has 3 rings (SSSR count). The lowest BCUT2D eigenvalue weighted by atomic mass is 9.99. The lowest BCUT2D eigenvalue weighted by molar-refractivity contribution is 0.0906. The van der Waals surface area contributed by atoms with Crippen molar-refractivity contribution in [1.82, 2.24) is 20.4 Å². The fourth-order valence-electron chi connectivity index (χ4n) is 3.19. The molecule has 2 heterocycles. The van der Waals surface area contributed by atoms with Gasteiger partial charge in [0, 0.05) is 30.9 Å². The molecule has 0 amide bonds. The van der Waals surface area contributed by atoms with Gasteiger partial charge in [-0.25, -0.2) is 0 Å². The van der Waals surface area contributed by atoms with E-state index in [1.54, 1.807) is 0 Å². The van der Waals surface area contributed by atoms with Crippen LogP contribution in [0.1, 0.15) is 25.5 Å². The Balaban J connectivity index is 1.39. The van der Waals surface area contributed by atoms with E-state index in [9.17, 15) is 5.11 Å². The molecular weight excluding hydrogens is 300 g/mol. The van der Waals surface area contributed by atoms with Crippen LogP contribution >= 0.6 is 0 Å². The summed E-state index contributed by atoms with van der Waals surface area (Å²) >= 11 is 0. The number of benzene rings is 1. The average molecular weight is 328 g/mol. The molecule has 1 unspecified atom stereocenters. The van der Waals surface area contributed by atoms with Gasteiger partial charge in [-0.3, -0.25) is 5.10 Å². The van der Waals surface area contributed by atoms with Gasteiger partial charge in [0.2, 0.25) is 0 Å². The summed E-state index contributed by atoms with van der Waals surface area (Å²) in [6, 6.07) is 12.2. The number of nitrogens with zero attached hydrogens (tertiary/aromatic N) is 2. The van der Waals surface area contributed by atoms with Crippen LogP contribution in [0.5, 0.6) is 0 Å². The fourth-order valence-corrected chi connectivity index (χ4v) is 3.19. The number of aliphatic hydroxyl groups excluding tert-OH is 1. The van der Waals surface area contributed by atoms with Gasteiger partial charge in [-0.05, 0) is 37.9 Å². The van der Waals surface area contributed by atoms with Crippen molar-refractivity contribution in [3.05, 3.63) is 42.1 Å². The summed E-state index contributed by atoms with van der Waals surface area (Å²) in [5.74, 6) is 0.829. The van der Waals surface area contributed by atoms with E-state index < -0.39 is 0 Å². The summed E-state index contributed by atoms with van der Waals surface area (Å²) in [6.45, 7) is 6.58. The van der Waals surface area contributed by atoms with Gasteiger partial charge in [0.1, 0.15) is 0 Å². The molecule has 0 saturated carbocycles. The second-order valence-electron chi connectivity index (χ2n) is 6.91. The number of rotatable bonds is 7. The molecule has 2 aromatic rings. The van der Waals surface area contributed by atoms with Crippen molar-refractivity contribution in [3.63, 3.8) is 0 Å². The van der Waals surface area contributed by atoms with Crippen molar-refractivity contribution in [3.8, 4) is 11.3 Å². The zero-order valence-electron chi connectivity index (χ0n) is 14.4. The maximum absolute atomic E-state index is 10.2. The van der Waals surface area contributed by atoms with Gasteiger partial charge < -0.3 is 15.3 Å². The Labute approximate surface area is 144 Å². The number of aliphatic hydroxyl groups is 1.